The van der Waals surface area contributed by atoms with Gasteiger partial charge in [0.05, 0.1) is 5.52 Å². The van der Waals surface area contributed by atoms with Crippen molar-refractivity contribution in [3.8, 4) is 0 Å². The van der Waals surface area contributed by atoms with E-state index in [2.05, 4.69) is 0 Å². The fourth-order valence-corrected chi connectivity index (χ4v) is 1.94. The second kappa shape index (κ2) is 3.74. The third-order valence-electron chi connectivity index (χ3n) is 2.86. The van der Waals surface area contributed by atoms with Crippen LogP contribution in [0.25, 0.3) is 10.9 Å². The molecule has 0 saturated carbocycles. The summed E-state index contributed by atoms with van der Waals surface area (Å²) in [6.45, 7) is 4.00. The van der Waals surface area contributed by atoms with Crippen LogP contribution in [0.3, 0.4) is 0 Å². The van der Waals surface area contributed by atoms with Gasteiger partial charge < -0.3 is 4.57 Å². The first kappa shape index (κ1) is 10.9. The van der Waals surface area contributed by atoms with E-state index >= 15 is 0 Å². The van der Waals surface area contributed by atoms with E-state index in [-0.39, 0.29) is 17.3 Å². The quantitative estimate of drug-likeness (QED) is 0.722. The Balaban J connectivity index is 2.96. The molecule has 0 saturated heterocycles. The first-order valence-electron chi connectivity index (χ1n) is 5.30. The summed E-state index contributed by atoms with van der Waals surface area (Å²) in [6.07, 6.45) is 0. The maximum atomic E-state index is 13.2. The number of hydrogen-bond donors (Lipinski definition) is 0. The van der Waals surface area contributed by atoms with Gasteiger partial charge in [-0.25, -0.2) is 4.39 Å². The van der Waals surface area contributed by atoms with Gasteiger partial charge in [0, 0.05) is 18.5 Å². The first-order valence-corrected chi connectivity index (χ1v) is 5.30. The molecule has 0 N–H and O–H groups in total. The Labute approximate surface area is 93.3 Å². The number of pyridine rings is 1. The van der Waals surface area contributed by atoms with Crippen LogP contribution in [0.2, 0.25) is 0 Å². The fourth-order valence-electron chi connectivity index (χ4n) is 1.94. The number of nitrogens with zero attached hydrogens (tertiary/aromatic N) is 1. The van der Waals surface area contributed by atoms with Crippen molar-refractivity contribution in [1.29, 1.82) is 0 Å². The predicted molar refractivity (Wildman–Crippen MR) is 63.2 cm³/mol. The lowest BCUT2D eigenvalue weighted by molar-refractivity contribution is 0.629. The standard InChI is InChI=1S/C13H14FNO/c1-8(2)10-7-13(16)15(3)12-5-4-9(14)6-11(10)12/h4-8H,1-3H3. The smallest absolute Gasteiger partial charge is 0.251 e. The van der Waals surface area contributed by atoms with Gasteiger partial charge in [-0.1, -0.05) is 13.8 Å². The molecule has 1 aromatic heterocycles. The van der Waals surface area contributed by atoms with E-state index in [9.17, 15) is 9.18 Å². The number of benzene rings is 1. The second-order valence-corrected chi connectivity index (χ2v) is 4.31. The molecule has 16 heavy (non-hydrogen) atoms. The molecule has 1 heterocycles. The molecule has 0 aliphatic carbocycles. The summed E-state index contributed by atoms with van der Waals surface area (Å²) in [6, 6.07) is 6.11. The second-order valence-electron chi connectivity index (χ2n) is 4.31. The van der Waals surface area contributed by atoms with Crippen LogP contribution in [0.15, 0.2) is 29.1 Å². The molecule has 0 bridgehead atoms. The molecule has 0 spiro atoms. The van der Waals surface area contributed by atoms with Crippen LogP contribution in [-0.2, 0) is 7.05 Å². The zero-order valence-electron chi connectivity index (χ0n) is 9.62. The van der Waals surface area contributed by atoms with Gasteiger partial charge in [-0.3, -0.25) is 4.79 Å². The Morgan fingerprint density at radius 2 is 1.94 bits per heavy atom. The Morgan fingerprint density at radius 1 is 1.25 bits per heavy atom. The van der Waals surface area contributed by atoms with E-state index in [1.807, 2.05) is 13.8 Å². The van der Waals surface area contributed by atoms with Crippen LogP contribution in [0.4, 0.5) is 4.39 Å². The lowest BCUT2D eigenvalue weighted by Crippen LogP contribution is -2.17. The highest BCUT2D eigenvalue weighted by molar-refractivity contribution is 5.83. The Kier molecular flexibility index (Phi) is 2.54. The number of fused-ring (bicyclic) bond motifs is 1. The minimum absolute atomic E-state index is 0.0530. The maximum absolute atomic E-state index is 13.2. The van der Waals surface area contributed by atoms with Crippen LogP contribution >= 0.6 is 0 Å². The van der Waals surface area contributed by atoms with Crippen molar-refractivity contribution in [2.45, 2.75) is 19.8 Å². The largest absolute Gasteiger partial charge is 0.311 e. The molecule has 0 atom stereocenters. The number of hydrogen-bond acceptors (Lipinski definition) is 1. The predicted octanol–water partition coefficient (Wildman–Crippen LogP) is 2.80. The van der Waals surface area contributed by atoms with Gasteiger partial charge in [0.2, 0.25) is 0 Å². The molecule has 3 heteroatoms. The summed E-state index contributed by atoms with van der Waals surface area (Å²) in [7, 11) is 1.70. The zero-order valence-corrected chi connectivity index (χ0v) is 9.62. The van der Waals surface area contributed by atoms with E-state index in [4.69, 9.17) is 0 Å². The summed E-state index contributed by atoms with van der Waals surface area (Å²) in [5.41, 5.74) is 1.62. The van der Waals surface area contributed by atoms with E-state index in [1.165, 1.54) is 12.1 Å². The van der Waals surface area contributed by atoms with Crippen LogP contribution in [0.1, 0.15) is 25.3 Å². The molecule has 2 aromatic rings. The van der Waals surface area contributed by atoms with Crippen molar-refractivity contribution >= 4 is 10.9 Å². The van der Waals surface area contributed by atoms with Crippen LogP contribution < -0.4 is 5.56 Å². The minimum Gasteiger partial charge on any atom is -0.311 e. The molecule has 0 aliphatic rings. The number of aryl methyl sites for hydroxylation is 1. The maximum Gasteiger partial charge on any atom is 0.251 e. The van der Waals surface area contributed by atoms with E-state index in [0.717, 1.165) is 16.5 Å². The molecule has 0 amide bonds. The van der Waals surface area contributed by atoms with Crippen molar-refractivity contribution in [1.82, 2.24) is 4.57 Å². The molecule has 0 fully saturated rings. The zero-order chi connectivity index (χ0) is 11.9. The lowest BCUT2D eigenvalue weighted by Gasteiger charge is -2.12. The Bertz CT molecular complexity index is 599. The van der Waals surface area contributed by atoms with E-state index < -0.39 is 0 Å². The molecule has 0 aliphatic heterocycles. The van der Waals surface area contributed by atoms with E-state index in [1.54, 1.807) is 23.7 Å². The van der Waals surface area contributed by atoms with Crippen molar-refractivity contribution in [3.63, 3.8) is 0 Å². The van der Waals surface area contributed by atoms with Gasteiger partial charge in [-0.2, -0.15) is 0 Å². The van der Waals surface area contributed by atoms with Crippen molar-refractivity contribution in [2.24, 2.45) is 7.05 Å². The van der Waals surface area contributed by atoms with Gasteiger partial charge in [0.25, 0.3) is 5.56 Å². The highest BCUT2D eigenvalue weighted by Gasteiger charge is 2.10. The summed E-state index contributed by atoms with van der Waals surface area (Å²) in [5.74, 6) is -0.0637. The summed E-state index contributed by atoms with van der Waals surface area (Å²) < 4.78 is 14.8. The highest BCUT2D eigenvalue weighted by Crippen LogP contribution is 2.24. The minimum atomic E-state index is -0.270. The average Bonchev–Trinajstić information content (AvgIpc) is 2.22. The lowest BCUT2D eigenvalue weighted by atomic mass is 9.99. The summed E-state index contributed by atoms with van der Waals surface area (Å²) in [4.78, 5) is 11.7. The normalized spacial score (nSPS) is 11.3. The molecule has 84 valence electrons. The molecule has 2 rings (SSSR count). The van der Waals surface area contributed by atoms with Crippen LogP contribution in [0.5, 0.6) is 0 Å². The van der Waals surface area contributed by atoms with Gasteiger partial charge in [-0.15, -0.1) is 0 Å². The molecule has 0 unspecified atom stereocenters. The molecule has 1 aromatic carbocycles. The molecular formula is C13H14FNO. The third kappa shape index (κ3) is 1.62. The first-order chi connectivity index (χ1) is 7.50. The SMILES string of the molecule is CC(C)c1cc(=O)n(C)c2ccc(F)cc12. The molecule has 2 nitrogen and oxygen atoms in total. The van der Waals surface area contributed by atoms with Gasteiger partial charge in [0.1, 0.15) is 5.82 Å². The number of halogens is 1. The fraction of sp³-hybridized carbons (Fsp3) is 0.308. The Morgan fingerprint density at radius 3 is 2.56 bits per heavy atom. The Hall–Kier alpha value is -1.64. The topological polar surface area (TPSA) is 22.0 Å². The van der Waals surface area contributed by atoms with Gasteiger partial charge >= 0.3 is 0 Å². The third-order valence-corrected chi connectivity index (χ3v) is 2.86. The highest BCUT2D eigenvalue weighted by atomic mass is 19.1. The van der Waals surface area contributed by atoms with Crippen molar-refractivity contribution < 1.29 is 4.39 Å². The summed E-state index contributed by atoms with van der Waals surface area (Å²) in [5, 5.41) is 0.817. The number of aromatic nitrogens is 1. The van der Waals surface area contributed by atoms with Gasteiger partial charge in [0.15, 0.2) is 0 Å². The van der Waals surface area contributed by atoms with E-state index in [0.29, 0.717) is 0 Å². The molecule has 0 radical (unpaired) electrons. The van der Waals surface area contributed by atoms with Gasteiger partial charge in [-0.05, 0) is 29.7 Å². The molecular weight excluding hydrogens is 205 g/mol. The summed E-state index contributed by atoms with van der Waals surface area (Å²) >= 11 is 0. The monoisotopic (exact) mass is 219 g/mol. The van der Waals surface area contributed by atoms with Crippen LogP contribution in [0, 0.1) is 5.82 Å². The average molecular weight is 219 g/mol. The van der Waals surface area contributed by atoms with Crippen LogP contribution in [-0.4, -0.2) is 4.57 Å². The number of rotatable bonds is 1. The van der Waals surface area contributed by atoms with Crippen molar-refractivity contribution in [3.05, 3.63) is 46.0 Å². The van der Waals surface area contributed by atoms with Crippen molar-refractivity contribution in [2.75, 3.05) is 0 Å².